The van der Waals surface area contributed by atoms with Crippen LogP contribution >= 0.6 is 22.9 Å². The van der Waals surface area contributed by atoms with Crippen molar-refractivity contribution in [3.05, 3.63) is 34.2 Å². The van der Waals surface area contributed by atoms with Crippen molar-refractivity contribution in [1.82, 2.24) is 0 Å². The molecule has 16 heavy (non-hydrogen) atoms. The van der Waals surface area contributed by atoms with Gasteiger partial charge in [-0.3, -0.25) is 0 Å². The zero-order valence-electron chi connectivity index (χ0n) is 9.08. The van der Waals surface area contributed by atoms with Crippen molar-refractivity contribution in [1.29, 1.82) is 0 Å². The van der Waals surface area contributed by atoms with Gasteiger partial charge in [0.05, 0.1) is 12.1 Å². The lowest BCUT2D eigenvalue weighted by molar-refractivity contribution is 0.416. The topological polar surface area (TPSA) is 35.2 Å². The third-order valence-corrected chi connectivity index (χ3v) is 3.45. The molecule has 0 saturated heterocycles. The maximum absolute atomic E-state index is 5.99. The number of hydrogen-bond donors (Lipinski definition) is 1. The van der Waals surface area contributed by atoms with Gasteiger partial charge in [0.25, 0.3) is 0 Å². The summed E-state index contributed by atoms with van der Waals surface area (Å²) in [5.74, 6) is 0.786. The summed E-state index contributed by atoms with van der Waals surface area (Å²) in [6, 6.07) is 7.58. The number of thiophene rings is 1. The Hall–Kier alpha value is -1.19. The van der Waals surface area contributed by atoms with E-state index in [0.29, 0.717) is 5.02 Å². The van der Waals surface area contributed by atoms with Gasteiger partial charge in [0.2, 0.25) is 0 Å². The van der Waals surface area contributed by atoms with Gasteiger partial charge in [-0.1, -0.05) is 11.6 Å². The van der Waals surface area contributed by atoms with E-state index in [0.717, 1.165) is 21.9 Å². The molecule has 1 heterocycles. The fourth-order valence-electron chi connectivity index (χ4n) is 1.63. The Morgan fingerprint density at radius 2 is 2.00 bits per heavy atom. The molecule has 0 spiro atoms. The fourth-order valence-corrected chi connectivity index (χ4v) is 2.61. The second-order valence-corrected chi connectivity index (χ2v) is 5.20. The zero-order chi connectivity index (χ0) is 11.7. The molecular formula is C12H12ClNOS. The standard InChI is InChI=1S/C12H12ClNOS/c1-7-5-10(12(14)16-7)9-6-8(13)3-4-11(9)15-2/h3-6H,14H2,1-2H3. The number of methoxy groups -OCH3 is 1. The minimum atomic E-state index is 0.680. The summed E-state index contributed by atoms with van der Waals surface area (Å²) in [4.78, 5) is 1.18. The Morgan fingerprint density at radius 3 is 2.56 bits per heavy atom. The minimum absolute atomic E-state index is 0.680. The van der Waals surface area contributed by atoms with Gasteiger partial charge in [0.1, 0.15) is 5.75 Å². The summed E-state index contributed by atoms with van der Waals surface area (Å²) < 4.78 is 5.31. The number of anilines is 1. The number of benzene rings is 1. The third kappa shape index (κ3) is 2.01. The normalized spacial score (nSPS) is 10.4. The van der Waals surface area contributed by atoms with Crippen LogP contribution in [-0.4, -0.2) is 7.11 Å². The molecule has 2 aromatic rings. The first-order valence-electron chi connectivity index (χ1n) is 4.81. The Labute approximate surface area is 104 Å². The average molecular weight is 254 g/mol. The van der Waals surface area contributed by atoms with E-state index in [2.05, 4.69) is 0 Å². The highest BCUT2D eigenvalue weighted by atomic mass is 35.5. The van der Waals surface area contributed by atoms with Gasteiger partial charge < -0.3 is 10.5 Å². The van der Waals surface area contributed by atoms with E-state index in [-0.39, 0.29) is 0 Å². The summed E-state index contributed by atoms with van der Waals surface area (Å²) in [6.45, 7) is 2.03. The van der Waals surface area contributed by atoms with Crippen LogP contribution in [0.15, 0.2) is 24.3 Å². The number of rotatable bonds is 2. The fraction of sp³-hybridized carbons (Fsp3) is 0.167. The lowest BCUT2D eigenvalue weighted by Crippen LogP contribution is -1.89. The van der Waals surface area contributed by atoms with Gasteiger partial charge in [0.15, 0.2) is 0 Å². The molecule has 2 rings (SSSR count). The first-order chi connectivity index (χ1) is 7.61. The van der Waals surface area contributed by atoms with E-state index in [9.17, 15) is 0 Å². The Bertz CT molecular complexity index is 522. The molecule has 0 fully saturated rings. The largest absolute Gasteiger partial charge is 0.496 e. The van der Waals surface area contributed by atoms with Crippen molar-refractivity contribution in [2.45, 2.75) is 6.92 Å². The van der Waals surface area contributed by atoms with Crippen LogP contribution in [0.3, 0.4) is 0 Å². The number of nitrogen functional groups attached to an aromatic ring is 1. The molecule has 84 valence electrons. The first kappa shape index (κ1) is 11.3. The lowest BCUT2D eigenvalue weighted by Gasteiger charge is -2.08. The highest BCUT2D eigenvalue weighted by Crippen LogP contribution is 2.39. The second kappa shape index (κ2) is 4.36. The third-order valence-electron chi connectivity index (χ3n) is 2.34. The molecule has 0 saturated carbocycles. The summed E-state index contributed by atoms with van der Waals surface area (Å²) in [5.41, 5.74) is 7.90. The highest BCUT2D eigenvalue weighted by Gasteiger charge is 2.11. The average Bonchev–Trinajstić information content (AvgIpc) is 2.57. The molecule has 4 heteroatoms. The van der Waals surface area contributed by atoms with Crippen molar-refractivity contribution in [2.24, 2.45) is 0 Å². The molecule has 0 aliphatic heterocycles. The second-order valence-electron chi connectivity index (χ2n) is 3.48. The van der Waals surface area contributed by atoms with Crippen molar-refractivity contribution < 1.29 is 4.74 Å². The van der Waals surface area contributed by atoms with E-state index in [1.54, 1.807) is 24.5 Å². The molecule has 0 aliphatic carbocycles. The van der Waals surface area contributed by atoms with Crippen LogP contribution in [0.5, 0.6) is 5.75 Å². The molecule has 0 radical (unpaired) electrons. The number of halogens is 1. The van der Waals surface area contributed by atoms with Crippen LogP contribution < -0.4 is 10.5 Å². The Kier molecular flexibility index (Phi) is 3.08. The predicted octanol–water partition coefficient (Wildman–Crippen LogP) is 3.97. The maximum atomic E-state index is 5.99. The minimum Gasteiger partial charge on any atom is -0.496 e. The summed E-state index contributed by atoms with van der Waals surface area (Å²) in [7, 11) is 1.64. The predicted molar refractivity (Wildman–Crippen MR) is 70.5 cm³/mol. The van der Waals surface area contributed by atoms with Crippen molar-refractivity contribution in [3.8, 4) is 16.9 Å². The van der Waals surface area contributed by atoms with Crippen LogP contribution in [0.1, 0.15) is 4.88 Å². The number of nitrogens with two attached hydrogens (primary N) is 1. The Balaban J connectivity index is 2.62. The molecule has 0 bridgehead atoms. The number of hydrogen-bond acceptors (Lipinski definition) is 3. The van der Waals surface area contributed by atoms with Crippen LogP contribution in [0.4, 0.5) is 5.00 Å². The highest BCUT2D eigenvalue weighted by molar-refractivity contribution is 7.16. The van der Waals surface area contributed by atoms with Crippen LogP contribution in [0, 0.1) is 6.92 Å². The van der Waals surface area contributed by atoms with Gasteiger partial charge in [-0.15, -0.1) is 11.3 Å². The molecule has 2 nitrogen and oxygen atoms in total. The van der Waals surface area contributed by atoms with Crippen LogP contribution in [0.2, 0.25) is 5.02 Å². The van der Waals surface area contributed by atoms with Crippen molar-refractivity contribution in [2.75, 3.05) is 12.8 Å². The smallest absolute Gasteiger partial charge is 0.126 e. The van der Waals surface area contributed by atoms with Gasteiger partial charge in [-0.2, -0.15) is 0 Å². The zero-order valence-corrected chi connectivity index (χ0v) is 10.7. The molecule has 1 aromatic heterocycles. The van der Waals surface area contributed by atoms with Crippen molar-refractivity contribution >= 4 is 27.9 Å². The van der Waals surface area contributed by atoms with Gasteiger partial charge in [-0.05, 0) is 31.2 Å². The van der Waals surface area contributed by atoms with Crippen LogP contribution in [0.25, 0.3) is 11.1 Å². The van der Waals surface area contributed by atoms with E-state index in [1.165, 1.54) is 4.88 Å². The molecule has 0 atom stereocenters. The summed E-state index contributed by atoms with van der Waals surface area (Å²) in [6.07, 6.45) is 0. The van der Waals surface area contributed by atoms with Crippen molar-refractivity contribution in [3.63, 3.8) is 0 Å². The van der Waals surface area contributed by atoms with E-state index in [4.69, 9.17) is 22.1 Å². The van der Waals surface area contributed by atoms with Crippen LogP contribution in [-0.2, 0) is 0 Å². The maximum Gasteiger partial charge on any atom is 0.126 e. The molecule has 0 amide bonds. The molecule has 0 aliphatic rings. The first-order valence-corrected chi connectivity index (χ1v) is 6.01. The summed E-state index contributed by atoms with van der Waals surface area (Å²) >= 11 is 7.56. The lowest BCUT2D eigenvalue weighted by atomic mass is 10.1. The van der Waals surface area contributed by atoms with E-state index >= 15 is 0 Å². The summed E-state index contributed by atoms with van der Waals surface area (Å²) in [5, 5.41) is 1.47. The molecule has 2 N–H and O–H groups in total. The Morgan fingerprint density at radius 1 is 1.25 bits per heavy atom. The monoisotopic (exact) mass is 253 g/mol. The van der Waals surface area contributed by atoms with E-state index in [1.807, 2.05) is 25.1 Å². The van der Waals surface area contributed by atoms with Gasteiger partial charge >= 0.3 is 0 Å². The molecule has 1 aromatic carbocycles. The SMILES string of the molecule is COc1ccc(Cl)cc1-c1cc(C)sc1N. The number of aryl methyl sites for hydroxylation is 1. The van der Waals surface area contributed by atoms with E-state index < -0.39 is 0 Å². The molecule has 0 unspecified atom stereocenters. The quantitative estimate of drug-likeness (QED) is 0.879. The number of ether oxygens (including phenoxy) is 1. The van der Waals surface area contributed by atoms with Gasteiger partial charge in [-0.25, -0.2) is 0 Å². The van der Waals surface area contributed by atoms with Gasteiger partial charge in [0, 0.05) is 21.0 Å². The molecular weight excluding hydrogens is 242 g/mol.